The van der Waals surface area contributed by atoms with Crippen molar-refractivity contribution < 1.29 is 14.3 Å². The SMILES string of the molecule is CCN(CC(=O)N(Cc1cccn1Cc1ccccc1Cl)CC(C)C)C(=O)c1cccc(OC)c1. The van der Waals surface area contributed by atoms with E-state index in [-0.39, 0.29) is 24.3 Å². The number of carbonyl (C=O) groups is 2. The van der Waals surface area contributed by atoms with Gasteiger partial charge in [0.25, 0.3) is 5.91 Å². The lowest BCUT2D eigenvalue weighted by Crippen LogP contribution is -2.44. The van der Waals surface area contributed by atoms with E-state index in [9.17, 15) is 9.59 Å². The van der Waals surface area contributed by atoms with Gasteiger partial charge in [0.2, 0.25) is 5.91 Å². The average Bonchev–Trinajstić information content (AvgIpc) is 3.29. The Labute approximate surface area is 213 Å². The second-order valence-electron chi connectivity index (χ2n) is 8.94. The molecular weight excluding hydrogens is 462 g/mol. The van der Waals surface area contributed by atoms with Crippen molar-refractivity contribution in [3.63, 3.8) is 0 Å². The van der Waals surface area contributed by atoms with Crippen LogP contribution < -0.4 is 4.74 Å². The third-order valence-electron chi connectivity index (χ3n) is 5.82. The van der Waals surface area contributed by atoms with Crippen LogP contribution in [-0.2, 0) is 17.9 Å². The maximum atomic E-state index is 13.4. The predicted molar refractivity (Wildman–Crippen MR) is 140 cm³/mol. The number of hydrogen-bond acceptors (Lipinski definition) is 3. The molecule has 7 heteroatoms. The molecule has 0 N–H and O–H groups in total. The Balaban J connectivity index is 1.76. The number of hydrogen-bond donors (Lipinski definition) is 0. The lowest BCUT2D eigenvalue weighted by Gasteiger charge is -2.29. The molecule has 0 bridgehead atoms. The monoisotopic (exact) mass is 495 g/mol. The van der Waals surface area contributed by atoms with Gasteiger partial charge in [0.1, 0.15) is 12.3 Å². The van der Waals surface area contributed by atoms with Crippen LogP contribution >= 0.6 is 11.6 Å². The third kappa shape index (κ3) is 7.12. The van der Waals surface area contributed by atoms with Crippen molar-refractivity contribution in [2.24, 2.45) is 5.92 Å². The summed E-state index contributed by atoms with van der Waals surface area (Å²) in [7, 11) is 1.57. The van der Waals surface area contributed by atoms with Crippen LogP contribution in [0.4, 0.5) is 0 Å². The Morgan fingerprint density at radius 2 is 1.80 bits per heavy atom. The minimum atomic E-state index is -0.189. The summed E-state index contributed by atoms with van der Waals surface area (Å²) >= 11 is 6.37. The molecule has 0 atom stereocenters. The van der Waals surface area contributed by atoms with Crippen molar-refractivity contribution in [3.05, 3.63) is 88.7 Å². The van der Waals surface area contributed by atoms with E-state index in [1.54, 1.807) is 36.3 Å². The van der Waals surface area contributed by atoms with E-state index >= 15 is 0 Å². The molecule has 0 aliphatic carbocycles. The first-order chi connectivity index (χ1) is 16.8. The van der Waals surface area contributed by atoms with Gasteiger partial charge in [-0.25, -0.2) is 0 Å². The largest absolute Gasteiger partial charge is 0.497 e. The van der Waals surface area contributed by atoms with Crippen molar-refractivity contribution in [2.75, 3.05) is 26.7 Å². The van der Waals surface area contributed by atoms with E-state index in [1.807, 2.05) is 54.4 Å². The minimum Gasteiger partial charge on any atom is -0.497 e. The molecule has 35 heavy (non-hydrogen) atoms. The number of carbonyl (C=O) groups excluding carboxylic acids is 2. The normalized spacial score (nSPS) is 10.9. The zero-order valence-electron chi connectivity index (χ0n) is 20.9. The van der Waals surface area contributed by atoms with Crippen LogP contribution in [0.5, 0.6) is 5.75 Å². The zero-order valence-corrected chi connectivity index (χ0v) is 21.7. The topological polar surface area (TPSA) is 54.8 Å². The van der Waals surface area contributed by atoms with Crippen molar-refractivity contribution >= 4 is 23.4 Å². The summed E-state index contributed by atoms with van der Waals surface area (Å²) in [5.41, 5.74) is 2.54. The van der Waals surface area contributed by atoms with E-state index in [1.165, 1.54) is 0 Å². The molecule has 2 aromatic carbocycles. The molecule has 186 valence electrons. The Bertz CT molecular complexity index is 1140. The molecule has 6 nitrogen and oxygen atoms in total. The first kappa shape index (κ1) is 26.4. The molecule has 1 heterocycles. The Morgan fingerprint density at radius 1 is 1.03 bits per heavy atom. The van der Waals surface area contributed by atoms with Gasteiger partial charge in [0.15, 0.2) is 0 Å². The smallest absolute Gasteiger partial charge is 0.254 e. The Kier molecular flexibility index (Phi) is 9.38. The molecule has 2 amide bonds. The van der Waals surface area contributed by atoms with Crippen LogP contribution in [0, 0.1) is 5.92 Å². The van der Waals surface area contributed by atoms with Crippen molar-refractivity contribution in [2.45, 2.75) is 33.9 Å². The highest BCUT2D eigenvalue weighted by Gasteiger charge is 2.23. The molecule has 0 aliphatic rings. The Hall–Kier alpha value is -3.25. The van der Waals surface area contributed by atoms with E-state index < -0.39 is 0 Å². The van der Waals surface area contributed by atoms with Gasteiger partial charge in [-0.05, 0) is 54.8 Å². The van der Waals surface area contributed by atoms with E-state index in [0.717, 1.165) is 16.3 Å². The molecule has 0 aliphatic heterocycles. The molecular formula is C28H34ClN3O3. The third-order valence-corrected chi connectivity index (χ3v) is 6.19. The fraction of sp³-hybridized carbons (Fsp3) is 0.357. The summed E-state index contributed by atoms with van der Waals surface area (Å²) in [6.07, 6.45) is 2.00. The molecule has 0 radical (unpaired) electrons. The van der Waals surface area contributed by atoms with Crippen LogP contribution in [-0.4, -0.2) is 52.9 Å². The number of halogens is 1. The standard InChI is InChI=1S/C28H34ClN3O3/c1-5-30(28(34)22-11-8-13-25(16-22)35-4)20-27(33)32(17-21(2)3)19-24-12-9-15-31(24)18-23-10-6-7-14-26(23)29/h6-16,21H,5,17-20H2,1-4H3. The molecule has 0 fully saturated rings. The number of benzene rings is 2. The fourth-order valence-corrected chi connectivity index (χ4v) is 4.17. The van der Waals surface area contributed by atoms with E-state index in [2.05, 4.69) is 18.4 Å². The van der Waals surface area contributed by atoms with Gasteiger partial charge in [-0.3, -0.25) is 9.59 Å². The highest BCUT2D eigenvalue weighted by Crippen LogP contribution is 2.19. The van der Waals surface area contributed by atoms with Gasteiger partial charge in [0.05, 0.1) is 13.7 Å². The van der Waals surface area contributed by atoms with Crippen LogP contribution in [0.1, 0.15) is 42.4 Å². The number of amides is 2. The molecule has 3 rings (SSSR count). The van der Waals surface area contributed by atoms with Crippen molar-refractivity contribution in [1.82, 2.24) is 14.4 Å². The summed E-state index contributed by atoms with van der Waals surface area (Å²) in [4.78, 5) is 30.0. The summed E-state index contributed by atoms with van der Waals surface area (Å²) in [6.45, 7) is 8.18. The van der Waals surface area contributed by atoms with E-state index in [0.29, 0.717) is 37.5 Å². The van der Waals surface area contributed by atoms with Crippen molar-refractivity contribution in [1.29, 1.82) is 0 Å². The van der Waals surface area contributed by atoms with Crippen molar-refractivity contribution in [3.8, 4) is 5.75 Å². The maximum Gasteiger partial charge on any atom is 0.254 e. The second-order valence-corrected chi connectivity index (χ2v) is 9.35. The molecule has 0 saturated heterocycles. The fourth-order valence-electron chi connectivity index (χ4n) is 3.98. The second kappa shape index (κ2) is 12.5. The molecule has 0 saturated carbocycles. The van der Waals surface area contributed by atoms with Gasteiger partial charge >= 0.3 is 0 Å². The quantitative estimate of drug-likeness (QED) is 0.360. The number of nitrogens with zero attached hydrogens (tertiary/aromatic N) is 3. The number of ether oxygens (including phenoxy) is 1. The number of aromatic nitrogens is 1. The van der Waals surface area contributed by atoms with Crippen LogP contribution in [0.25, 0.3) is 0 Å². The highest BCUT2D eigenvalue weighted by molar-refractivity contribution is 6.31. The first-order valence-electron chi connectivity index (χ1n) is 11.9. The molecule has 0 spiro atoms. The van der Waals surface area contributed by atoms with Gasteiger partial charge in [-0.2, -0.15) is 0 Å². The zero-order chi connectivity index (χ0) is 25.4. The number of likely N-dealkylation sites (N-methyl/N-ethyl adjacent to an activating group) is 1. The number of methoxy groups -OCH3 is 1. The first-order valence-corrected chi connectivity index (χ1v) is 12.3. The number of rotatable bonds is 11. The summed E-state index contributed by atoms with van der Waals surface area (Å²) in [5.74, 6) is 0.627. The lowest BCUT2D eigenvalue weighted by molar-refractivity contribution is -0.133. The summed E-state index contributed by atoms with van der Waals surface area (Å²) in [5, 5.41) is 0.719. The van der Waals surface area contributed by atoms with Gasteiger partial charge in [-0.15, -0.1) is 0 Å². The van der Waals surface area contributed by atoms with Crippen LogP contribution in [0.3, 0.4) is 0 Å². The van der Waals surface area contributed by atoms with Gasteiger partial charge < -0.3 is 19.1 Å². The maximum absolute atomic E-state index is 13.4. The van der Waals surface area contributed by atoms with Crippen LogP contribution in [0.2, 0.25) is 5.02 Å². The molecule has 0 unspecified atom stereocenters. The van der Waals surface area contributed by atoms with E-state index in [4.69, 9.17) is 16.3 Å². The van der Waals surface area contributed by atoms with Crippen LogP contribution in [0.15, 0.2) is 66.9 Å². The average molecular weight is 496 g/mol. The predicted octanol–water partition coefficient (Wildman–Crippen LogP) is 5.35. The van der Waals surface area contributed by atoms with Gasteiger partial charge in [0, 0.05) is 42.1 Å². The summed E-state index contributed by atoms with van der Waals surface area (Å²) in [6, 6.07) is 18.8. The molecule has 1 aromatic heterocycles. The lowest BCUT2D eigenvalue weighted by atomic mass is 10.1. The minimum absolute atomic E-state index is 0.0183. The molecule has 3 aromatic rings. The Morgan fingerprint density at radius 3 is 2.49 bits per heavy atom. The summed E-state index contributed by atoms with van der Waals surface area (Å²) < 4.78 is 7.36. The highest BCUT2D eigenvalue weighted by atomic mass is 35.5. The van der Waals surface area contributed by atoms with Gasteiger partial charge in [-0.1, -0.05) is 49.7 Å².